The largest absolute Gasteiger partial charge is 0.484 e. The zero-order valence-corrected chi connectivity index (χ0v) is 15.4. The molecule has 1 unspecified atom stereocenters. The van der Waals surface area contributed by atoms with Gasteiger partial charge < -0.3 is 10.1 Å². The number of hydrogen-bond donors (Lipinski definition) is 1. The molecular formula is C19H15F6N3O2. The molecule has 160 valence electrons. The number of halogens is 6. The summed E-state index contributed by atoms with van der Waals surface area (Å²) in [5.74, 6) is -0.157. The maximum absolute atomic E-state index is 14.3. The van der Waals surface area contributed by atoms with Crippen LogP contribution in [0.15, 0.2) is 47.4 Å². The van der Waals surface area contributed by atoms with Crippen LogP contribution in [0.3, 0.4) is 0 Å². The van der Waals surface area contributed by atoms with E-state index in [4.69, 9.17) is 0 Å². The first-order valence-corrected chi connectivity index (χ1v) is 8.57. The predicted molar refractivity (Wildman–Crippen MR) is 97.8 cm³/mol. The number of alkyl halides is 6. The summed E-state index contributed by atoms with van der Waals surface area (Å²) in [6.07, 6.45) is -9.46. The van der Waals surface area contributed by atoms with E-state index in [1.54, 1.807) is 7.05 Å². The molecule has 5 nitrogen and oxygen atoms in total. The molecule has 0 aliphatic carbocycles. The topological polar surface area (TPSA) is 55.6 Å². The van der Waals surface area contributed by atoms with Crippen molar-refractivity contribution in [2.45, 2.75) is 18.8 Å². The third-order valence-corrected chi connectivity index (χ3v) is 4.18. The van der Waals surface area contributed by atoms with E-state index >= 15 is 0 Å². The van der Waals surface area contributed by atoms with Crippen molar-refractivity contribution in [1.29, 1.82) is 0 Å². The number of aromatic nitrogens is 2. The molecule has 0 spiro atoms. The molecule has 3 rings (SSSR count). The first-order valence-electron chi connectivity index (χ1n) is 8.57. The number of nitrogens with one attached hydrogen (secondary N) is 1. The summed E-state index contributed by atoms with van der Waals surface area (Å²) in [6, 6.07) is 7.53. The van der Waals surface area contributed by atoms with Crippen LogP contribution >= 0.6 is 0 Å². The highest BCUT2D eigenvalue weighted by molar-refractivity contribution is 5.68. The van der Waals surface area contributed by atoms with Crippen LogP contribution in [0.5, 0.6) is 5.75 Å². The number of benzene rings is 1. The van der Waals surface area contributed by atoms with Gasteiger partial charge in [-0.25, -0.2) is 18.2 Å². The molecule has 0 saturated heterocycles. The average Bonchev–Trinajstić information content (AvgIpc) is 2.71. The molecule has 2 aromatic heterocycles. The summed E-state index contributed by atoms with van der Waals surface area (Å²) in [5.41, 5.74) is -1.48. The third kappa shape index (κ3) is 4.50. The molecule has 30 heavy (non-hydrogen) atoms. The van der Waals surface area contributed by atoms with E-state index in [-0.39, 0.29) is 17.0 Å². The lowest BCUT2D eigenvalue weighted by molar-refractivity contribution is -0.153. The van der Waals surface area contributed by atoms with E-state index in [0.29, 0.717) is 5.69 Å². The van der Waals surface area contributed by atoms with Crippen molar-refractivity contribution in [3.63, 3.8) is 0 Å². The van der Waals surface area contributed by atoms with E-state index in [9.17, 15) is 31.1 Å². The van der Waals surface area contributed by atoms with Crippen LogP contribution in [0.4, 0.5) is 32.0 Å². The number of anilines is 1. The minimum Gasteiger partial charge on any atom is -0.484 e. The van der Waals surface area contributed by atoms with Crippen molar-refractivity contribution >= 4 is 11.3 Å². The fourth-order valence-electron chi connectivity index (χ4n) is 2.78. The van der Waals surface area contributed by atoms with E-state index in [2.05, 4.69) is 15.0 Å². The minimum atomic E-state index is -4.54. The number of nitrogens with zero attached hydrogens (tertiary/aromatic N) is 2. The summed E-state index contributed by atoms with van der Waals surface area (Å²) >= 11 is 0. The summed E-state index contributed by atoms with van der Waals surface area (Å²) in [4.78, 5) is 16.9. The zero-order chi connectivity index (χ0) is 22.1. The molecule has 1 atom stereocenters. The lowest BCUT2D eigenvalue weighted by Crippen LogP contribution is -2.22. The van der Waals surface area contributed by atoms with E-state index in [1.807, 2.05) is 0 Å². The molecule has 0 aliphatic rings. The van der Waals surface area contributed by atoms with Crippen molar-refractivity contribution in [3.8, 4) is 16.9 Å². The van der Waals surface area contributed by atoms with Gasteiger partial charge in [-0.3, -0.25) is 9.20 Å². The lowest BCUT2D eigenvalue weighted by atomic mass is 10.0. The Morgan fingerprint density at radius 1 is 1.13 bits per heavy atom. The fourth-order valence-corrected chi connectivity index (χ4v) is 2.78. The zero-order valence-electron chi connectivity index (χ0n) is 15.4. The second-order valence-corrected chi connectivity index (χ2v) is 6.24. The Morgan fingerprint density at radius 2 is 1.80 bits per heavy atom. The molecule has 0 fully saturated rings. The highest BCUT2D eigenvalue weighted by Crippen LogP contribution is 2.32. The number of fused-ring (bicyclic) bond motifs is 1. The van der Waals surface area contributed by atoms with Gasteiger partial charge in [0.25, 0.3) is 12.0 Å². The smallest absolute Gasteiger partial charge is 0.422 e. The Morgan fingerprint density at radius 3 is 2.37 bits per heavy atom. The Hall–Kier alpha value is -3.24. The van der Waals surface area contributed by atoms with Gasteiger partial charge in [0.1, 0.15) is 11.4 Å². The molecule has 3 aromatic rings. The molecule has 0 saturated carbocycles. The average molecular weight is 431 g/mol. The minimum absolute atomic E-state index is 0.0113. The summed E-state index contributed by atoms with van der Waals surface area (Å²) in [6.45, 7) is -1.52. The third-order valence-electron chi connectivity index (χ3n) is 4.18. The number of hydrogen-bond acceptors (Lipinski definition) is 4. The van der Waals surface area contributed by atoms with Crippen LogP contribution in [0.1, 0.15) is 11.9 Å². The van der Waals surface area contributed by atoms with Crippen molar-refractivity contribution in [3.05, 3.63) is 58.6 Å². The Bertz CT molecular complexity index is 1100. The Balaban J connectivity index is 2.12. The molecule has 2 heterocycles. The van der Waals surface area contributed by atoms with Gasteiger partial charge in [0.2, 0.25) is 6.17 Å². The van der Waals surface area contributed by atoms with Gasteiger partial charge in [0.15, 0.2) is 6.61 Å². The first kappa shape index (κ1) is 21.5. The van der Waals surface area contributed by atoms with Gasteiger partial charge in [-0.1, -0.05) is 12.1 Å². The van der Waals surface area contributed by atoms with E-state index in [0.717, 1.165) is 16.5 Å². The van der Waals surface area contributed by atoms with Gasteiger partial charge in [-0.05, 0) is 23.8 Å². The quantitative estimate of drug-likeness (QED) is 0.579. The SMILES string of the molecule is CNc1ccn2c(=O)c(-c3ccc(OCC(F)(F)F)cc3)c(C(F)C(F)F)nc2c1. The lowest BCUT2D eigenvalue weighted by Gasteiger charge is -2.15. The first-order chi connectivity index (χ1) is 14.1. The molecular weight excluding hydrogens is 416 g/mol. The molecule has 0 aliphatic heterocycles. The normalized spacial score (nSPS) is 12.9. The Kier molecular flexibility index (Phi) is 5.90. The van der Waals surface area contributed by atoms with Gasteiger partial charge in [0, 0.05) is 25.0 Å². The predicted octanol–water partition coefficient (Wildman–Crippen LogP) is 4.62. The van der Waals surface area contributed by atoms with Crippen molar-refractivity contribution in [2.24, 2.45) is 0 Å². The molecule has 0 amide bonds. The van der Waals surface area contributed by atoms with Crippen LogP contribution < -0.4 is 15.6 Å². The van der Waals surface area contributed by atoms with Crippen LogP contribution in [0, 0.1) is 0 Å². The van der Waals surface area contributed by atoms with Crippen molar-refractivity contribution < 1.29 is 31.1 Å². The maximum atomic E-state index is 14.3. The molecule has 1 N–H and O–H groups in total. The summed E-state index contributed by atoms with van der Waals surface area (Å²) in [5, 5.41) is 2.79. The van der Waals surface area contributed by atoms with Crippen LogP contribution in [0.2, 0.25) is 0 Å². The van der Waals surface area contributed by atoms with E-state index < -0.39 is 42.2 Å². The second kappa shape index (κ2) is 8.25. The molecule has 0 radical (unpaired) electrons. The molecule has 0 bridgehead atoms. The van der Waals surface area contributed by atoms with Crippen LogP contribution in [-0.2, 0) is 0 Å². The highest BCUT2D eigenvalue weighted by atomic mass is 19.4. The van der Waals surface area contributed by atoms with Gasteiger partial charge >= 0.3 is 6.18 Å². The van der Waals surface area contributed by atoms with Crippen LogP contribution in [-0.4, -0.2) is 35.6 Å². The number of pyridine rings is 1. The summed E-state index contributed by atoms with van der Waals surface area (Å²) < 4.78 is 82.9. The highest BCUT2D eigenvalue weighted by Gasteiger charge is 2.30. The molecule has 1 aromatic carbocycles. The summed E-state index contributed by atoms with van der Waals surface area (Å²) in [7, 11) is 1.60. The second-order valence-electron chi connectivity index (χ2n) is 6.24. The van der Waals surface area contributed by atoms with Gasteiger partial charge in [-0.15, -0.1) is 0 Å². The van der Waals surface area contributed by atoms with E-state index in [1.165, 1.54) is 30.5 Å². The van der Waals surface area contributed by atoms with Crippen molar-refractivity contribution in [2.75, 3.05) is 19.0 Å². The Labute approximate surface area is 165 Å². The maximum Gasteiger partial charge on any atom is 0.422 e. The standard InChI is InChI=1S/C19H15F6N3O2/c1-26-11-6-7-28-13(8-11)27-16(15(20)17(21)22)14(18(28)29)10-2-4-12(5-3-10)30-9-19(23,24)25/h2-8,15,17,26H,9H2,1H3. The van der Waals surface area contributed by atoms with Crippen LogP contribution in [0.25, 0.3) is 16.8 Å². The number of ether oxygens (including phenoxy) is 1. The van der Waals surface area contributed by atoms with Gasteiger partial charge in [-0.2, -0.15) is 13.2 Å². The molecule has 11 heteroatoms. The number of rotatable bonds is 6. The van der Waals surface area contributed by atoms with Crippen molar-refractivity contribution in [1.82, 2.24) is 9.38 Å². The monoisotopic (exact) mass is 431 g/mol. The van der Waals surface area contributed by atoms with Gasteiger partial charge in [0.05, 0.1) is 11.3 Å². The fraction of sp³-hybridized carbons (Fsp3) is 0.263.